The van der Waals surface area contributed by atoms with Gasteiger partial charge in [0, 0.05) is 47.8 Å². The van der Waals surface area contributed by atoms with Gasteiger partial charge in [0.1, 0.15) is 10.8 Å². The highest BCUT2D eigenvalue weighted by atomic mass is 32.1. The van der Waals surface area contributed by atoms with E-state index in [2.05, 4.69) is 20.3 Å². The average molecular weight is 408 g/mol. The quantitative estimate of drug-likeness (QED) is 0.689. The lowest BCUT2D eigenvalue weighted by Gasteiger charge is -2.26. The van der Waals surface area contributed by atoms with Crippen LogP contribution in [-0.4, -0.2) is 33.4 Å². The van der Waals surface area contributed by atoms with Gasteiger partial charge in [-0.05, 0) is 37.5 Å². The topological polar surface area (TPSA) is 114 Å². The molecule has 0 saturated carbocycles. The molecule has 8 nitrogen and oxygen atoms in total. The summed E-state index contributed by atoms with van der Waals surface area (Å²) in [5.74, 6) is 0.388. The number of pyridine rings is 2. The van der Waals surface area contributed by atoms with Gasteiger partial charge in [0.15, 0.2) is 0 Å². The predicted molar refractivity (Wildman–Crippen MR) is 111 cm³/mol. The molecular formula is C20H20N6O2S. The Morgan fingerprint density at radius 2 is 2.03 bits per heavy atom. The second-order valence-electron chi connectivity index (χ2n) is 6.83. The summed E-state index contributed by atoms with van der Waals surface area (Å²) in [4.78, 5) is 38.6. The van der Waals surface area contributed by atoms with Crippen LogP contribution in [0.2, 0.25) is 0 Å². The smallest absolute Gasteiger partial charge is 0.320 e. The number of amides is 3. The van der Waals surface area contributed by atoms with E-state index in [1.165, 1.54) is 22.4 Å². The van der Waals surface area contributed by atoms with Crippen LogP contribution >= 0.6 is 11.3 Å². The molecule has 0 aromatic carbocycles. The summed E-state index contributed by atoms with van der Waals surface area (Å²) in [5, 5.41) is 5.67. The largest absolute Gasteiger partial charge is 0.351 e. The van der Waals surface area contributed by atoms with Crippen molar-refractivity contribution in [3.8, 4) is 11.1 Å². The fourth-order valence-corrected chi connectivity index (χ4v) is 3.99. The number of nitrogens with zero attached hydrogens (tertiary/aromatic N) is 4. The van der Waals surface area contributed by atoms with Crippen LogP contribution in [0, 0.1) is 0 Å². The van der Waals surface area contributed by atoms with E-state index in [4.69, 9.17) is 5.73 Å². The van der Waals surface area contributed by atoms with Gasteiger partial charge in [-0.15, -0.1) is 11.3 Å². The maximum absolute atomic E-state index is 12.6. The van der Waals surface area contributed by atoms with E-state index < -0.39 is 6.03 Å². The number of urea groups is 1. The summed E-state index contributed by atoms with van der Waals surface area (Å²) in [6, 6.07) is 3.08. The zero-order valence-corrected chi connectivity index (χ0v) is 16.6. The van der Waals surface area contributed by atoms with Gasteiger partial charge in [0.2, 0.25) is 0 Å². The molecule has 0 saturated heterocycles. The van der Waals surface area contributed by atoms with Crippen molar-refractivity contribution < 1.29 is 9.59 Å². The first-order valence-corrected chi connectivity index (χ1v) is 10.1. The number of aromatic nitrogens is 3. The van der Waals surface area contributed by atoms with Crippen LogP contribution in [0.25, 0.3) is 11.1 Å². The number of carbonyl (C=O) groups is 2. The maximum Gasteiger partial charge on any atom is 0.320 e. The maximum atomic E-state index is 12.6. The third kappa shape index (κ3) is 3.95. The Bertz CT molecular complexity index is 1050. The minimum absolute atomic E-state index is 0.184. The molecule has 0 radical (unpaired) electrons. The molecule has 1 unspecified atom stereocenters. The third-order valence-corrected chi connectivity index (χ3v) is 5.75. The van der Waals surface area contributed by atoms with Crippen molar-refractivity contribution in [1.82, 2.24) is 20.3 Å². The highest BCUT2D eigenvalue weighted by molar-refractivity contribution is 7.09. The molecule has 3 aromatic heterocycles. The number of nitrogens with two attached hydrogens (primary N) is 1. The lowest BCUT2D eigenvalue weighted by Crippen LogP contribution is -2.40. The number of fused-ring (bicyclic) bond motifs is 1. The molecule has 4 heterocycles. The molecule has 0 spiro atoms. The molecule has 3 N–H and O–H groups in total. The van der Waals surface area contributed by atoms with Crippen LogP contribution < -0.4 is 16.0 Å². The van der Waals surface area contributed by atoms with E-state index in [0.717, 1.165) is 34.5 Å². The summed E-state index contributed by atoms with van der Waals surface area (Å²) in [6.07, 6.45) is 8.27. The Kier molecular flexibility index (Phi) is 5.22. The van der Waals surface area contributed by atoms with Gasteiger partial charge in [-0.1, -0.05) is 0 Å². The monoisotopic (exact) mass is 408 g/mol. The van der Waals surface area contributed by atoms with Crippen molar-refractivity contribution in [1.29, 1.82) is 0 Å². The van der Waals surface area contributed by atoms with E-state index in [9.17, 15) is 9.59 Å². The fourth-order valence-electron chi connectivity index (χ4n) is 3.35. The van der Waals surface area contributed by atoms with Gasteiger partial charge >= 0.3 is 6.03 Å². The van der Waals surface area contributed by atoms with E-state index in [0.29, 0.717) is 17.9 Å². The molecule has 29 heavy (non-hydrogen) atoms. The second kappa shape index (κ2) is 7.96. The van der Waals surface area contributed by atoms with Crippen LogP contribution in [0.5, 0.6) is 0 Å². The number of hydrogen-bond donors (Lipinski definition) is 2. The van der Waals surface area contributed by atoms with E-state index in [-0.39, 0.29) is 11.9 Å². The van der Waals surface area contributed by atoms with E-state index >= 15 is 0 Å². The molecule has 1 aliphatic rings. The standard InChI is InChI=1S/C20H20N6O2S/c1-12(19-23-4-6-29-19)25-18(27)16-8-14(9-22-10-16)15-7-13-3-2-5-26(20(21)28)17(13)24-11-15/h4,6-12H,2-3,5H2,1H3,(H2,21,28)(H,25,27). The fraction of sp³-hybridized carbons (Fsp3) is 0.250. The molecule has 0 fully saturated rings. The molecular weight excluding hydrogens is 388 g/mol. The van der Waals surface area contributed by atoms with Crippen molar-refractivity contribution in [3.63, 3.8) is 0 Å². The number of aryl methyl sites for hydroxylation is 1. The molecule has 9 heteroatoms. The predicted octanol–water partition coefficient (Wildman–Crippen LogP) is 2.92. The lowest BCUT2D eigenvalue weighted by atomic mass is 10.0. The zero-order valence-electron chi connectivity index (χ0n) is 15.8. The van der Waals surface area contributed by atoms with Crippen LogP contribution in [0.3, 0.4) is 0 Å². The van der Waals surface area contributed by atoms with Crippen LogP contribution in [0.4, 0.5) is 10.6 Å². The number of nitrogens with one attached hydrogen (secondary N) is 1. The highest BCUT2D eigenvalue weighted by Crippen LogP contribution is 2.29. The van der Waals surface area contributed by atoms with Crippen LogP contribution in [0.15, 0.2) is 42.3 Å². The summed E-state index contributed by atoms with van der Waals surface area (Å²) >= 11 is 1.50. The number of primary amides is 1. The Labute approximate surface area is 171 Å². The van der Waals surface area contributed by atoms with Gasteiger partial charge < -0.3 is 11.1 Å². The zero-order chi connectivity index (χ0) is 20.4. The summed E-state index contributed by atoms with van der Waals surface area (Å²) < 4.78 is 0. The summed E-state index contributed by atoms with van der Waals surface area (Å²) in [5.41, 5.74) is 8.49. The minimum atomic E-state index is -0.499. The Morgan fingerprint density at radius 1 is 1.21 bits per heavy atom. The second-order valence-corrected chi connectivity index (χ2v) is 7.75. The average Bonchev–Trinajstić information content (AvgIpc) is 3.28. The molecule has 1 atom stereocenters. The molecule has 0 bridgehead atoms. The Morgan fingerprint density at radius 3 is 2.79 bits per heavy atom. The number of rotatable bonds is 4. The number of anilines is 1. The van der Waals surface area contributed by atoms with Crippen LogP contribution in [0.1, 0.15) is 40.3 Å². The molecule has 148 valence electrons. The third-order valence-electron chi connectivity index (χ3n) is 4.80. The molecule has 1 aliphatic heterocycles. The van der Waals surface area contributed by atoms with Crippen molar-refractivity contribution >= 4 is 29.1 Å². The highest BCUT2D eigenvalue weighted by Gasteiger charge is 2.22. The number of carbonyl (C=O) groups excluding carboxylic acids is 2. The van der Waals surface area contributed by atoms with Crippen molar-refractivity contribution in [3.05, 3.63) is 58.4 Å². The first-order chi connectivity index (χ1) is 14.0. The molecule has 3 amide bonds. The van der Waals surface area contributed by atoms with Crippen molar-refractivity contribution in [2.75, 3.05) is 11.4 Å². The number of thiazole rings is 1. The van der Waals surface area contributed by atoms with Gasteiger partial charge in [-0.2, -0.15) is 0 Å². The molecule has 0 aliphatic carbocycles. The van der Waals surface area contributed by atoms with Gasteiger partial charge in [-0.3, -0.25) is 14.7 Å². The van der Waals surface area contributed by atoms with E-state index in [1.807, 2.05) is 18.4 Å². The minimum Gasteiger partial charge on any atom is -0.351 e. The van der Waals surface area contributed by atoms with Crippen molar-refractivity contribution in [2.45, 2.75) is 25.8 Å². The Hall–Kier alpha value is -3.33. The Balaban J connectivity index is 1.57. The molecule has 3 aromatic rings. The van der Waals surface area contributed by atoms with Gasteiger partial charge in [-0.25, -0.2) is 14.8 Å². The van der Waals surface area contributed by atoms with Crippen molar-refractivity contribution in [2.24, 2.45) is 5.73 Å². The first kappa shape index (κ1) is 19.0. The van der Waals surface area contributed by atoms with Crippen LogP contribution in [-0.2, 0) is 6.42 Å². The summed E-state index contributed by atoms with van der Waals surface area (Å²) in [7, 11) is 0. The SMILES string of the molecule is CC(NC(=O)c1cncc(-c2cnc3c(c2)CCCN3C(N)=O)c1)c1nccs1. The molecule has 4 rings (SSSR count). The first-order valence-electron chi connectivity index (χ1n) is 9.24. The van der Waals surface area contributed by atoms with E-state index in [1.54, 1.807) is 24.7 Å². The lowest BCUT2D eigenvalue weighted by molar-refractivity contribution is 0.0939. The normalized spacial score (nSPS) is 14.2. The number of hydrogen-bond acceptors (Lipinski definition) is 6. The van der Waals surface area contributed by atoms with Gasteiger partial charge in [0.25, 0.3) is 5.91 Å². The van der Waals surface area contributed by atoms with Gasteiger partial charge in [0.05, 0.1) is 11.6 Å². The summed E-state index contributed by atoms with van der Waals surface area (Å²) in [6.45, 7) is 2.47.